The number of nitrogens with zero attached hydrogens (tertiary/aromatic N) is 3. The van der Waals surface area contributed by atoms with Crippen molar-refractivity contribution in [2.24, 2.45) is 0 Å². The first-order valence-electron chi connectivity index (χ1n) is 8.70. The van der Waals surface area contributed by atoms with Crippen LogP contribution in [0, 0.1) is 10.1 Å². The molecule has 30 heavy (non-hydrogen) atoms. The first-order chi connectivity index (χ1) is 14.4. The molecule has 1 N–H and O–H groups in total. The van der Waals surface area contributed by atoms with Gasteiger partial charge in [0.1, 0.15) is 16.9 Å². The summed E-state index contributed by atoms with van der Waals surface area (Å²) in [6.45, 7) is -0.333. The molecule has 0 aliphatic carbocycles. The number of rotatable bonds is 5. The van der Waals surface area contributed by atoms with E-state index in [2.05, 4.69) is 10.3 Å². The van der Waals surface area contributed by atoms with Gasteiger partial charge >= 0.3 is 0 Å². The largest absolute Gasteiger partial charge is 0.319 e. The second-order valence-electron chi connectivity index (χ2n) is 6.34. The summed E-state index contributed by atoms with van der Waals surface area (Å²) in [5, 5.41) is 13.8. The van der Waals surface area contributed by atoms with Gasteiger partial charge in [0.05, 0.1) is 16.8 Å². The van der Waals surface area contributed by atoms with Gasteiger partial charge in [-0.1, -0.05) is 41.9 Å². The molecular formula is C20H13ClN4O4S. The Balaban J connectivity index is 1.60. The average Bonchev–Trinajstić information content (AvgIpc) is 3.17. The molecule has 0 unspecified atom stereocenters. The Morgan fingerprint density at radius 2 is 1.97 bits per heavy atom. The van der Waals surface area contributed by atoms with Gasteiger partial charge in [-0.25, -0.2) is 4.98 Å². The molecule has 2 heterocycles. The van der Waals surface area contributed by atoms with Crippen molar-refractivity contribution in [1.29, 1.82) is 0 Å². The van der Waals surface area contributed by atoms with Crippen LogP contribution in [0.1, 0.15) is 0 Å². The molecule has 8 nitrogen and oxygen atoms in total. The van der Waals surface area contributed by atoms with Gasteiger partial charge in [0.15, 0.2) is 0 Å². The van der Waals surface area contributed by atoms with E-state index in [0.717, 1.165) is 16.5 Å². The Morgan fingerprint density at radius 1 is 1.20 bits per heavy atom. The molecule has 150 valence electrons. The van der Waals surface area contributed by atoms with E-state index in [1.807, 2.05) is 36.4 Å². The summed E-state index contributed by atoms with van der Waals surface area (Å²) in [5.74, 6) is -0.594. The van der Waals surface area contributed by atoms with Crippen molar-refractivity contribution < 1.29 is 9.72 Å². The highest BCUT2D eigenvalue weighted by Crippen LogP contribution is 2.30. The minimum atomic E-state index is -0.641. The molecule has 0 radical (unpaired) electrons. The molecule has 2 aromatic carbocycles. The number of hydrogen-bond donors (Lipinski definition) is 1. The molecular weight excluding hydrogens is 428 g/mol. The van der Waals surface area contributed by atoms with Crippen LogP contribution in [0.25, 0.3) is 20.7 Å². The van der Waals surface area contributed by atoms with Crippen LogP contribution >= 0.6 is 22.9 Å². The van der Waals surface area contributed by atoms with E-state index in [1.165, 1.54) is 34.4 Å². The predicted molar refractivity (Wildman–Crippen MR) is 116 cm³/mol. The second kappa shape index (κ2) is 8.05. The molecule has 1 amide bonds. The van der Waals surface area contributed by atoms with Crippen LogP contribution in [0.4, 0.5) is 11.4 Å². The highest BCUT2D eigenvalue weighted by atomic mass is 35.5. The molecule has 0 aliphatic heterocycles. The third-order valence-corrected chi connectivity index (χ3v) is 5.70. The standard InChI is InChI=1S/C20H13ClN4O4S/c21-13-6-7-14(16(8-13)25(28)29)23-18(26)10-24-11-22-15-9-17(30-19(15)20(24)27)12-4-2-1-3-5-12/h1-9,11H,10H2,(H,23,26). The molecule has 0 aliphatic rings. The third kappa shape index (κ3) is 3.93. The smallest absolute Gasteiger partial charge is 0.294 e. The van der Waals surface area contributed by atoms with E-state index < -0.39 is 10.8 Å². The zero-order chi connectivity index (χ0) is 21.3. The number of carbonyl (C=O) groups is 1. The van der Waals surface area contributed by atoms with Crippen LogP contribution in [0.3, 0.4) is 0 Å². The van der Waals surface area contributed by atoms with E-state index in [4.69, 9.17) is 11.6 Å². The van der Waals surface area contributed by atoms with E-state index in [1.54, 1.807) is 0 Å². The van der Waals surface area contributed by atoms with Crippen molar-refractivity contribution in [2.75, 3.05) is 5.32 Å². The van der Waals surface area contributed by atoms with Crippen LogP contribution in [-0.4, -0.2) is 20.4 Å². The molecule has 10 heteroatoms. The summed E-state index contributed by atoms with van der Waals surface area (Å²) < 4.78 is 1.60. The summed E-state index contributed by atoms with van der Waals surface area (Å²) in [5.41, 5.74) is 0.836. The molecule has 0 bridgehead atoms. The number of benzene rings is 2. The summed E-state index contributed by atoms with van der Waals surface area (Å²) in [6, 6.07) is 15.4. The lowest BCUT2D eigenvalue weighted by molar-refractivity contribution is -0.383. The lowest BCUT2D eigenvalue weighted by atomic mass is 10.2. The van der Waals surface area contributed by atoms with Crippen molar-refractivity contribution in [3.63, 3.8) is 0 Å². The molecule has 2 aromatic heterocycles. The number of nitro benzene ring substituents is 1. The molecule has 0 spiro atoms. The Morgan fingerprint density at radius 3 is 2.70 bits per heavy atom. The van der Waals surface area contributed by atoms with Gasteiger partial charge in [0, 0.05) is 16.0 Å². The van der Waals surface area contributed by atoms with Gasteiger partial charge < -0.3 is 5.32 Å². The number of amides is 1. The lowest BCUT2D eigenvalue weighted by Gasteiger charge is -2.08. The van der Waals surface area contributed by atoms with Gasteiger partial charge in [0.25, 0.3) is 11.2 Å². The molecule has 4 rings (SSSR count). The Kier molecular flexibility index (Phi) is 5.30. The average molecular weight is 441 g/mol. The highest BCUT2D eigenvalue weighted by Gasteiger charge is 2.18. The molecule has 0 saturated heterocycles. The quantitative estimate of drug-likeness (QED) is 0.367. The van der Waals surface area contributed by atoms with E-state index in [-0.39, 0.29) is 28.5 Å². The summed E-state index contributed by atoms with van der Waals surface area (Å²) in [7, 11) is 0. The number of aromatic nitrogens is 2. The molecule has 0 atom stereocenters. The lowest BCUT2D eigenvalue weighted by Crippen LogP contribution is -2.27. The number of thiophene rings is 1. The fourth-order valence-corrected chi connectivity index (χ4v) is 4.14. The zero-order valence-corrected chi connectivity index (χ0v) is 16.8. The normalized spacial score (nSPS) is 10.8. The van der Waals surface area contributed by atoms with Crippen LogP contribution in [-0.2, 0) is 11.3 Å². The van der Waals surface area contributed by atoms with Crippen LogP contribution < -0.4 is 10.9 Å². The zero-order valence-electron chi connectivity index (χ0n) is 15.2. The molecule has 0 saturated carbocycles. The summed E-state index contributed by atoms with van der Waals surface area (Å²) >= 11 is 7.08. The number of fused-ring (bicyclic) bond motifs is 1. The Bertz CT molecular complexity index is 1330. The van der Waals surface area contributed by atoms with Crippen molar-refractivity contribution >= 4 is 50.4 Å². The van der Waals surface area contributed by atoms with E-state index in [0.29, 0.717) is 10.2 Å². The van der Waals surface area contributed by atoms with Crippen molar-refractivity contribution in [2.45, 2.75) is 6.54 Å². The van der Waals surface area contributed by atoms with Crippen molar-refractivity contribution in [3.8, 4) is 10.4 Å². The van der Waals surface area contributed by atoms with E-state index >= 15 is 0 Å². The van der Waals surface area contributed by atoms with Gasteiger partial charge in [-0.05, 0) is 23.8 Å². The van der Waals surface area contributed by atoms with Crippen LogP contribution in [0.2, 0.25) is 5.02 Å². The maximum absolute atomic E-state index is 12.8. The minimum Gasteiger partial charge on any atom is -0.319 e. The Hall–Kier alpha value is -3.56. The van der Waals surface area contributed by atoms with Crippen LogP contribution in [0.15, 0.2) is 65.7 Å². The first kappa shape index (κ1) is 19.7. The predicted octanol–water partition coefficient (Wildman–Crippen LogP) is 4.33. The monoisotopic (exact) mass is 440 g/mol. The van der Waals surface area contributed by atoms with Gasteiger partial charge in [-0.3, -0.25) is 24.3 Å². The minimum absolute atomic E-state index is 0.000950. The summed E-state index contributed by atoms with van der Waals surface area (Å²) in [4.78, 5) is 40.9. The van der Waals surface area contributed by atoms with E-state index in [9.17, 15) is 19.7 Å². The van der Waals surface area contributed by atoms with Gasteiger partial charge in [-0.15, -0.1) is 11.3 Å². The number of halogens is 1. The molecule has 0 fully saturated rings. The SMILES string of the molecule is O=C(Cn1cnc2cc(-c3ccccc3)sc2c1=O)Nc1ccc(Cl)cc1[N+](=O)[O-]. The first-order valence-corrected chi connectivity index (χ1v) is 9.90. The van der Waals surface area contributed by atoms with Gasteiger partial charge in [0.2, 0.25) is 5.91 Å². The Labute approximate surface area is 178 Å². The number of nitrogens with one attached hydrogen (secondary N) is 1. The number of anilines is 1. The van der Waals surface area contributed by atoms with Gasteiger partial charge in [-0.2, -0.15) is 0 Å². The number of hydrogen-bond acceptors (Lipinski definition) is 6. The topological polar surface area (TPSA) is 107 Å². The molecule has 4 aromatic rings. The third-order valence-electron chi connectivity index (χ3n) is 4.31. The highest BCUT2D eigenvalue weighted by molar-refractivity contribution is 7.22. The fraction of sp³-hybridized carbons (Fsp3) is 0.0500. The maximum Gasteiger partial charge on any atom is 0.294 e. The van der Waals surface area contributed by atoms with Crippen molar-refractivity contribution in [3.05, 3.63) is 86.4 Å². The fourth-order valence-electron chi connectivity index (χ4n) is 2.91. The number of carbonyl (C=O) groups excluding carboxylic acids is 1. The van der Waals surface area contributed by atoms with Crippen molar-refractivity contribution in [1.82, 2.24) is 9.55 Å². The number of nitro groups is 1. The second-order valence-corrected chi connectivity index (χ2v) is 7.82. The maximum atomic E-state index is 12.8. The summed E-state index contributed by atoms with van der Waals surface area (Å²) in [6.07, 6.45) is 1.29. The van der Waals surface area contributed by atoms with Crippen LogP contribution in [0.5, 0.6) is 0 Å².